The van der Waals surface area contributed by atoms with Crippen LogP contribution in [0.3, 0.4) is 0 Å². The number of aliphatic carboxylic acids is 1. The number of fused-ring (bicyclic) bond motifs is 2. The van der Waals surface area contributed by atoms with Crippen molar-refractivity contribution < 1.29 is 28.2 Å². The number of carbonyl (C=O) groups is 1. The number of aryl methyl sites for hydroxylation is 1. The molecule has 16 heteroatoms. The predicted molar refractivity (Wildman–Crippen MR) is 129 cm³/mol. The number of β-amino-alcohol motifs (C(OH)–C–C–N with tert-alkyl or cyclic N) is 1. The minimum Gasteiger partial charge on any atom is -0.475 e. The van der Waals surface area contributed by atoms with Crippen molar-refractivity contribution in [3.63, 3.8) is 0 Å². The number of carboxylic acid groups (broad SMARTS) is 1. The van der Waals surface area contributed by atoms with Crippen molar-refractivity contribution in [1.29, 1.82) is 0 Å². The second kappa shape index (κ2) is 9.97. The van der Waals surface area contributed by atoms with Gasteiger partial charge in [-0.25, -0.2) is 14.5 Å². The normalized spacial score (nSPS) is 14.1. The highest BCUT2D eigenvalue weighted by molar-refractivity contribution is 6.37. The molecule has 1 aliphatic rings. The van der Waals surface area contributed by atoms with Gasteiger partial charge in [-0.3, -0.25) is 0 Å². The Bertz CT molecular complexity index is 1450. The summed E-state index contributed by atoms with van der Waals surface area (Å²) in [5, 5.41) is 29.9. The van der Waals surface area contributed by atoms with Crippen LogP contribution >= 0.6 is 11.6 Å². The standard InChI is InChI=1S/C19H22ClN9O.C2HF3O2/c1-4-12-15(20)14-16(23-12)24-19(25-18(14)28-7-11(30)8-28)22-10-5-13-17(21-6-10)29(9(2)3)27-26-13;3-2(4,5)1(6)7/h5-6,9,11,30H,4,7-8H2,1-3H3,(H2,22,23,24,25);(H,6,7). The lowest BCUT2D eigenvalue weighted by Gasteiger charge is -2.37. The van der Waals surface area contributed by atoms with Gasteiger partial charge in [-0.2, -0.15) is 23.1 Å². The van der Waals surface area contributed by atoms with Crippen LogP contribution in [-0.4, -0.2) is 76.5 Å². The van der Waals surface area contributed by atoms with E-state index in [2.05, 4.69) is 30.6 Å². The maximum Gasteiger partial charge on any atom is 0.490 e. The molecule has 4 aromatic rings. The minimum atomic E-state index is -5.08. The smallest absolute Gasteiger partial charge is 0.475 e. The van der Waals surface area contributed by atoms with Crippen molar-refractivity contribution in [2.75, 3.05) is 23.3 Å². The van der Waals surface area contributed by atoms with Gasteiger partial charge in [0.1, 0.15) is 17.0 Å². The average Bonchev–Trinajstić information content (AvgIpc) is 3.37. The molecule has 0 unspecified atom stereocenters. The zero-order valence-corrected chi connectivity index (χ0v) is 20.6. The summed E-state index contributed by atoms with van der Waals surface area (Å²) in [6.07, 6.45) is -2.97. The van der Waals surface area contributed by atoms with E-state index < -0.39 is 12.1 Å². The molecule has 37 heavy (non-hydrogen) atoms. The Hall–Kier alpha value is -3.72. The first-order valence-electron chi connectivity index (χ1n) is 11.2. The topological polar surface area (TPSA) is 158 Å². The highest BCUT2D eigenvalue weighted by atomic mass is 35.5. The van der Waals surface area contributed by atoms with Crippen LogP contribution < -0.4 is 10.2 Å². The quantitative estimate of drug-likeness (QED) is 0.295. The third kappa shape index (κ3) is 5.36. The zero-order chi connectivity index (χ0) is 27.1. The molecule has 4 aromatic heterocycles. The van der Waals surface area contributed by atoms with Crippen LogP contribution in [0, 0.1) is 0 Å². The molecule has 0 radical (unpaired) electrons. The molecule has 0 spiro atoms. The number of alkyl halides is 3. The first kappa shape index (κ1) is 26.3. The Labute approximate surface area is 212 Å². The van der Waals surface area contributed by atoms with E-state index in [1.54, 1.807) is 10.9 Å². The van der Waals surface area contributed by atoms with Crippen molar-refractivity contribution in [2.45, 2.75) is 45.5 Å². The number of halogens is 4. The molecule has 1 saturated heterocycles. The van der Waals surface area contributed by atoms with Crippen LogP contribution in [0.25, 0.3) is 22.2 Å². The first-order valence-corrected chi connectivity index (χ1v) is 11.6. The van der Waals surface area contributed by atoms with Gasteiger partial charge in [-0.1, -0.05) is 23.7 Å². The van der Waals surface area contributed by atoms with Crippen LogP contribution in [0.2, 0.25) is 5.02 Å². The van der Waals surface area contributed by atoms with Crippen LogP contribution in [0.15, 0.2) is 12.3 Å². The number of carboxylic acids is 1. The summed E-state index contributed by atoms with van der Waals surface area (Å²) in [7, 11) is 0. The van der Waals surface area contributed by atoms with Gasteiger partial charge in [0.25, 0.3) is 0 Å². The molecule has 198 valence electrons. The molecule has 5 rings (SSSR count). The fourth-order valence-electron chi connectivity index (χ4n) is 3.63. The maximum atomic E-state index is 10.6. The number of rotatable bonds is 5. The highest BCUT2D eigenvalue weighted by Crippen LogP contribution is 2.36. The molecule has 4 N–H and O–H groups in total. The number of anilines is 3. The summed E-state index contributed by atoms with van der Waals surface area (Å²) in [5.74, 6) is -1.64. The summed E-state index contributed by atoms with van der Waals surface area (Å²) in [6, 6.07) is 2.04. The summed E-state index contributed by atoms with van der Waals surface area (Å²) in [6.45, 7) is 7.12. The Balaban J connectivity index is 0.000000405. The van der Waals surface area contributed by atoms with E-state index >= 15 is 0 Å². The fraction of sp³-hybridized carbons (Fsp3) is 0.429. The number of H-pyrrole nitrogens is 1. The summed E-state index contributed by atoms with van der Waals surface area (Å²) >= 11 is 6.58. The third-order valence-electron chi connectivity index (χ3n) is 5.46. The molecule has 5 heterocycles. The maximum absolute atomic E-state index is 10.6. The van der Waals surface area contributed by atoms with Crippen molar-refractivity contribution in [1.82, 2.24) is 34.9 Å². The van der Waals surface area contributed by atoms with Gasteiger partial charge in [0.2, 0.25) is 5.95 Å². The number of hydrogen-bond acceptors (Lipinski definition) is 9. The van der Waals surface area contributed by atoms with Crippen molar-refractivity contribution in [3.05, 3.63) is 23.0 Å². The molecule has 12 nitrogen and oxygen atoms in total. The molecular formula is C21H23ClF3N9O3. The van der Waals surface area contributed by atoms with E-state index in [0.29, 0.717) is 46.7 Å². The molecule has 0 amide bonds. The molecule has 1 fully saturated rings. The lowest BCUT2D eigenvalue weighted by Crippen LogP contribution is -2.51. The predicted octanol–water partition coefficient (Wildman–Crippen LogP) is 3.45. The Kier molecular flexibility index (Phi) is 7.10. The second-order valence-corrected chi connectivity index (χ2v) is 8.92. The van der Waals surface area contributed by atoms with Gasteiger partial charge in [-0.15, -0.1) is 5.10 Å². The number of aromatic nitrogens is 7. The van der Waals surface area contributed by atoms with Crippen LogP contribution in [0.5, 0.6) is 0 Å². The van der Waals surface area contributed by atoms with E-state index in [-0.39, 0.29) is 12.1 Å². The number of aliphatic hydroxyl groups is 1. The van der Waals surface area contributed by atoms with Gasteiger partial charge in [-0.05, 0) is 26.3 Å². The summed E-state index contributed by atoms with van der Waals surface area (Å²) in [5.41, 5.74) is 3.70. The molecule has 0 saturated carbocycles. The van der Waals surface area contributed by atoms with Crippen molar-refractivity contribution >= 4 is 57.2 Å². The lowest BCUT2D eigenvalue weighted by atomic mass is 10.1. The minimum absolute atomic E-state index is 0.173. The van der Waals surface area contributed by atoms with E-state index in [4.69, 9.17) is 26.5 Å². The molecule has 0 bridgehead atoms. The second-order valence-electron chi connectivity index (χ2n) is 8.55. The number of nitrogens with one attached hydrogen (secondary N) is 2. The SMILES string of the molecule is CCc1[nH]c2nc(Nc3cnc4c(c3)nnn4C(C)C)nc(N3CC(O)C3)c2c1Cl.O=C(O)C(F)(F)F. The van der Waals surface area contributed by atoms with E-state index in [9.17, 15) is 18.3 Å². The Morgan fingerprint density at radius 3 is 2.57 bits per heavy atom. The highest BCUT2D eigenvalue weighted by Gasteiger charge is 2.38. The van der Waals surface area contributed by atoms with Gasteiger partial charge >= 0.3 is 12.1 Å². The number of aromatic amines is 1. The third-order valence-corrected chi connectivity index (χ3v) is 5.88. The largest absolute Gasteiger partial charge is 0.490 e. The number of nitrogens with zero attached hydrogens (tertiary/aromatic N) is 7. The van der Waals surface area contributed by atoms with Crippen molar-refractivity contribution in [2.24, 2.45) is 0 Å². The molecular weight excluding hydrogens is 519 g/mol. The number of aliphatic hydroxyl groups excluding tert-OH is 1. The average molecular weight is 542 g/mol. The van der Waals surface area contributed by atoms with Gasteiger partial charge in [0.15, 0.2) is 5.65 Å². The van der Waals surface area contributed by atoms with Crippen LogP contribution in [0.1, 0.15) is 32.5 Å². The molecule has 0 atom stereocenters. The lowest BCUT2D eigenvalue weighted by molar-refractivity contribution is -0.192. The van der Waals surface area contributed by atoms with Gasteiger partial charge in [0.05, 0.1) is 34.4 Å². The van der Waals surface area contributed by atoms with E-state index in [0.717, 1.165) is 23.1 Å². The number of pyridine rings is 1. The monoisotopic (exact) mass is 541 g/mol. The molecule has 0 aromatic carbocycles. The first-order chi connectivity index (χ1) is 17.4. The molecule has 0 aliphatic carbocycles. The van der Waals surface area contributed by atoms with Crippen molar-refractivity contribution in [3.8, 4) is 0 Å². The summed E-state index contributed by atoms with van der Waals surface area (Å²) in [4.78, 5) is 28.0. The van der Waals surface area contributed by atoms with Crippen LogP contribution in [-0.2, 0) is 11.2 Å². The molecule has 1 aliphatic heterocycles. The van der Waals surface area contributed by atoms with E-state index in [1.807, 2.05) is 31.7 Å². The number of hydrogen-bond donors (Lipinski definition) is 4. The fourth-order valence-corrected chi connectivity index (χ4v) is 3.98. The van der Waals surface area contributed by atoms with Gasteiger partial charge < -0.3 is 25.4 Å². The van der Waals surface area contributed by atoms with Gasteiger partial charge in [0, 0.05) is 18.8 Å². The Morgan fingerprint density at radius 1 is 1.32 bits per heavy atom. The zero-order valence-electron chi connectivity index (χ0n) is 19.9. The Morgan fingerprint density at radius 2 is 2.00 bits per heavy atom. The van der Waals surface area contributed by atoms with E-state index in [1.165, 1.54) is 0 Å². The summed E-state index contributed by atoms with van der Waals surface area (Å²) < 4.78 is 33.5. The van der Waals surface area contributed by atoms with Crippen LogP contribution in [0.4, 0.5) is 30.6 Å².